The Kier molecular flexibility index (Phi) is 5.25. The monoisotopic (exact) mass is 320 g/mol. The quantitative estimate of drug-likeness (QED) is 0.371. The highest BCUT2D eigenvalue weighted by Gasteiger charge is 2.13. The van der Waals surface area contributed by atoms with Gasteiger partial charge in [-0.2, -0.15) is 0 Å². The van der Waals surface area contributed by atoms with Gasteiger partial charge in [0.2, 0.25) is 6.41 Å². The van der Waals surface area contributed by atoms with Crippen LogP contribution >= 0.6 is 11.6 Å². The third kappa shape index (κ3) is 3.50. The first kappa shape index (κ1) is 16.1. The van der Waals surface area contributed by atoms with Gasteiger partial charge in [0, 0.05) is 11.6 Å². The maximum Gasteiger partial charge on any atom is 0.228 e. The van der Waals surface area contributed by atoms with Gasteiger partial charge in [0.1, 0.15) is 18.1 Å². The van der Waals surface area contributed by atoms with E-state index >= 15 is 0 Å². The van der Waals surface area contributed by atoms with E-state index in [-0.39, 0.29) is 12.4 Å². The average Bonchev–Trinajstić information content (AvgIpc) is 2.53. The van der Waals surface area contributed by atoms with Gasteiger partial charge in [-0.25, -0.2) is 5.84 Å². The summed E-state index contributed by atoms with van der Waals surface area (Å²) >= 11 is 6.02. The number of aromatic hydroxyl groups is 1. The van der Waals surface area contributed by atoms with Crippen molar-refractivity contribution < 1.29 is 14.6 Å². The number of phenols is 1. The Labute approximate surface area is 133 Å². The topological polar surface area (TPSA) is 75.8 Å². The standard InChI is InChI=1S/C16H17ClN2O3/c1-2-11-4-3-5-15(19(18)10-20)13(11)9-22-16-7-6-12(21)8-14(16)17/h3-8,10,21H,2,9,18H2,1H3. The smallest absolute Gasteiger partial charge is 0.228 e. The number of carbonyl (C=O) groups excluding carboxylic acids is 1. The number of anilines is 1. The van der Waals surface area contributed by atoms with Crippen LogP contribution in [0.3, 0.4) is 0 Å². The van der Waals surface area contributed by atoms with Crippen molar-refractivity contribution in [1.29, 1.82) is 0 Å². The number of rotatable bonds is 6. The van der Waals surface area contributed by atoms with Gasteiger partial charge in [0.15, 0.2) is 0 Å². The van der Waals surface area contributed by atoms with Crippen molar-refractivity contribution in [3.05, 3.63) is 52.5 Å². The molecule has 0 aliphatic heterocycles. The first-order chi connectivity index (χ1) is 10.6. The number of ether oxygens (including phenoxy) is 1. The number of hydrogen-bond donors (Lipinski definition) is 2. The van der Waals surface area contributed by atoms with Crippen LogP contribution in [-0.2, 0) is 17.8 Å². The minimum absolute atomic E-state index is 0.0704. The third-order valence-electron chi connectivity index (χ3n) is 3.31. The van der Waals surface area contributed by atoms with Crippen LogP contribution in [0, 0.1) is 0 Å². The fourth-order valence-corrected chi connectivity index (χ4v) is 2.40. The highest BCUT2D eigenvalue weighted by molar-refractivity contribution is 6.32. The van der Waals surface area contributed by atoms with E-state index in [0.717, 1.165) is 22.6 Å². The molecule has 5 nitrogen and oxygen atoms in total. The van der Waals surface area contributed by atoms with Crippen LogP contribution < -0.4 is 15.6 Å². The molecule has 0 aliphatic rings. The molecule has 0 fully saturated rings. The van der Waals surface area contributed by atoms with Crippen molar-refractivity contribution in [2.45, 2.75) is 20.0 Å². The average molecular weight is 321 g/mol. The predicted molar refractivity (Wildman–Crippen MR) is 86.0 cm³/mol. The lowest BCUT2D eigenvalue weighted by atomic mass is 10.0. The second kappa shape index (κ2) is 7.15. The lowest BCUT2D eigenvalue weighted by Crippen LogP contribution is -2.30. The highest BCUT2D eigenvalue weighted by Crippen LogP contribution is 2.30. The molecular weight excluding hydrogens is 304 g/mol. The van der Waals surface area contributed by atoms with E-state index in [2.05, 4.69) is 0 Å². The Morgan fingerprint density at radius 2 is 2.14 bits per heavy atom. The molecule has 0 spiro atoms. The van der Waals surface area contributed by atoms with Crippen molar-refractivity contribution in [2.24, 2.45) is 5.84 Å². The molecule has 0 unspecified atom stereocenters. The molecule has 0 heterocycles. The summed E-state index contributed by atoms with van der Waals surface area (Å²) < 4.78 is 5.71. The van der Waals surface area contributed by atoms with Crippen molar-refractivity contribution in [3.63, 3.8) is 0 Å². The van der Waals surface area contributed by atoms with Gasteiger partial charge in [-0.05, 0) is 30.2 Å². The number of nitrogens with two attached hydrogens (primary N) is 1. The number of carbonyl (C=O) groups is 1. The molecule has 2 rings (SSSR count). The minimum atomic E-state index is 0.0704. The molecular formula is C16H17ClN2O3. The van der Waals surface area contributed by atoms with Gasteiger partial charge in [-0.1, -0.05) is 30.7 Å². The summed E-state index contributed by atoms with van der Waals surface area (Å²) in [5.41, 5.74) is 2.44. The first-order valence-corrected chi connectivity index (χ1v) is 7.16. The van der Waals surface area contributed by atoms with E-state index in [1.807, 2.05) is 19.1 Å². The summed E-state index contributed by atoms with van der Waals surface area (Å²) in [6.07, 6.45) is 1.33. The van der Waals surface area contributed by atoms with E-state index in [1.165, 1.54) is 12.1 Å². The predicted octanol–water partition coefficient (Wildman–Crippen LogP) is 3.02. The first-order valence-electron chi connectivity index (χ1n) is 6.78. The van der Waals surface area contributed by atoms with E-state index in [1.54, 1.807) is 12.1 Å². The fraction of sp³-hybridized carbons (Fsp3) is 0.188. The molecule has 0 aliphatic carbocycles. The molecule has 0 aromatic heterocycles. The molecule has 2 aromatic rings. The van der Waals surface area contributed by atoms with Gasteiger partial charge >= 0.3 is 0 Å². The summed E-state index contributed by atoms with van der Waals surface area (Å²) in [6.45, 7) is 2.23. The number of benzene rings is 2. The minimum Gasteiger partial charge on any atom is -0.508 e. The lowest BCUT2D eigenvalue weighted by molar-refractivity contribution is -0.107. The second-order valence-corrected chi connectivity index (χ2v) is 5.09. The van der Waals surface area contributed by atoms with Crippen LogP contribution in [0.2, 0.25) is 5.02 Å². The van der Waals surface area contributed by atoms with Crippen molar-refractivity contribution >= 4 is 23.7 Å². The molecule has 22 heavy (non-hydrogen) atoms. The van der Waals surface area contributed by atoms with Gasteiger partial charge in [-0.3, -0.25) is 9.80 Å². The van der Waals surface area contributed by atoms with E-state index in [0.29, 0.717) is 22.9 Å². The second-order valence-electron chi connectivity index (χ2n) is 4.68. The summed E-state index contributed by atoms with van der Waals surface area (Å²) in [7, 11) is 0. The number of phenolic OH excluding ortho intramolecular Hbond substituents is 1. The third-order valence-corrected chi connectivity index (χ3v) is 3.60. The maximum atomic E-state index is 10.9. The van der Waals surface area contributed by atoms with E-state index < -0.39 is 0 Å². The molecule has 3 N–H and O–H groups in total. The number of amides is 1. The molecule has 0 saturated carbocycles. The number of halogens is 1. The highest BCUT2D eigenvalue weighted by atomic mass is 35.5. The van der Waals surface area contributed by atoms with Crippen molar-refractivity contribution in [3.8, 4) is 11.5 Å². The number of hydrazine groups is 1. The summed E-state index contributed by atoms with van der Waals surface area (Å²) in [4.78, 5) is 10.9. The van der Waals surface area contributed by atoms with Crippen molar-refractivity contribution in [2.75, 3.05) is 5.01 Å². The van der Waals surface area contributed by atoms with E-state index in [4.69, 9.17) is 22.2 Å². The van der Waals surface area contributed by atoms with Crippen LogP contribution in [0.1, 0.15) is 18.1 Å². The molecule has 0 bridgehead atoms. The molecule has 0 atom stereocenters. The number of aryl methyl sites for hydroxylation is 1. The molecule has 0 saturated heterocycles. The fourth-order valence-electron chi connectivity index (χ4n) is 2.17. The Hall–Kier alpha value is -2.24. The molecule has 1 amide bonds. The van der Waals surface area contributed by atoms with Crippen LogP contribution in [0.5, 0.6) is 11.5 Å². The van der Waals surface area contributed by atoms with Gasteiger partial charge < -0.3 is 9.84 Å². The van der Waals surface area contributed by atoms with Gasteiger partial charge in [0.25, 0.3) is 0 Å². The maximum absolute atomic E-state index is 10.9. The number of nitrogens with zero attached hydrogens (tertiary/aromatic N) is 1. The Bertz CT molecular complexity index is 676. The Balaban J connectivity index is 2.29. The van der Waals surface area contributed by atoms with Gasteiger partial charge in [-0.15, -0.1) is 0 Å². The Morgan fingerprint density at radius 1 is 1.36 bits per heavy atom. The van der Waals surface area contributed by atoms with Crippen molar-refractivity contribution in [1.82, 2.24) is 0 Å². The van der Waals surface area contributed by atoms with Crippen LogP contribution in [-0.4, -0.2) is 11.5 Å². The molecule has 2 aromatic carbocycles. The van der Waals surface area contributed by atoms with Crippen LogP contribution in [0.15, 0.2) is 36.4 Å². The molecule has 116 valence electrons. The van der Waals surface area contributed by atoms with E-state index in [9.17, 15) is 9.90 Å². The summed E-state index contributed by atoms with van der Waals surface area (Å²) in [6, 6.07) is 10.0. The van der Waals surface area contributed by atoms with Crippen LogP contribution in [0.25, 0.3) is 0 Å². The normalized spacial score (nSPS) is 10.3. The SMILES string of the molecule is CCc1cccc(N(N)C=O)c1COc1ccc(O)cc1Cl. The zero-order valence-corrected chi connectivity index (χ0v) is 12.9. The zero-order chi connectivity index (χ0) is 16.1. The van der Waals surface area contributed by atoms with Gasteiger partial charge in [0.05, 0.1) is 10.7 Å². The molecule has 0 radical (unpaired) electrons. The zero-order valence-electron chi connectivity index (χ0n) is 12.1. The lowest BCUT2D eigenvalue weighted by Gasteiger charge is -2.19. The summed E-state index contributed by atoms with van der Waals surface area (Å²) in [5, 5.41) is 10.7. The Morgan fingerprint density at radius 3 is 2.77 bits per heavy atom. The van der Waals surface area contributed by atoms with Crippen LogP contribution in [0.4, 0.5) is 5.69 Å². The largest absolute Gasteiger partial charge is 0.508 e. The number of hydrogen-bond acceptors (Lipinski definition) is 4. The summed E-state index contributed by atoms with van der Waals surface area (Å²) in [5.74, 6) is 6.21. The molecule has 6 heteroatoms.